The molecule has 1 aromatic rings. The lowest BCUT2D eigenvalue weighted by Crippen LogP contribution is -2.10. The predicted molar refractivity (Wildman–Crippen MR) is 64.3 cm³/mol. The first kappa shape index (κ1) is 13.2. The first-order valence-corrected chi connectivity index (χ1v) is 6.26. The zero-order valence-electron chi connectivity index (χ0n) is 10.6. The number of hydrogen-bond donors (Lipinski definition) is 1. The van der Waals surface area contributed by atoms with Crippen LogP contribution in [0.1, 0.15) is 70.0 Å². The van der Waals surface area contributed by atoms with E-state index in [0.29, 0.717) is 12.5 Å². The van der Waals surface area contributed by atoms with Crippen molar-refractivity contribution < 1.29 is 4.52 Å². The summed E-state index contributed by atoms with van der Waals surface area (Å²) in [6.07, 6.45) is 4.60. The van der Waals surface area contributed by atoms with Gasteiger partial charge in [0, 0.05) is 18.4 Å². The summed E-state index contributed by atoms with van der Waals surface area (Å²) in [5, 5.41) is 4.00. The summed E-state index contributed by atoms with van der Waals surface area (Å²) in [6.45, 7) is 6.94. The van der Waals surface area contributed by atoms with Crippen molar-refractivity contribution in [3.63, 3.8) is 0 Å². The molecule has 4 nitrogen and oxygen atoms in total. The zero-order valence-corrected chi connectivity index (χ0v) is 10.6. The molecule has 2 unspecified atom stereocenters. The number of nitrogens with two attached hydrogens (primary N) is 1. The van der Waals surface area contributed by atoms with Crippen molar-refractivity contribution in [2.75, 3.05) is 6.54 Å². The van der Waals surface area contributed by atoms with Crippen LogP contribution in [-0.2, 0) is 0 Å². The van der Waals surface area contributed by atoms with Gasteiger partial charge >= 0.3 is 0 Å². The van der Waals surface area contributed by atoms with Gasteiger partial charge in [0.05, 0.1) is 0 Å². The molecule has 0 aliphatic rings. The molecule has 0 aromatic carbocycles. The zero-order chi connectivity index (χ0) is 12.0. The fourth-order valence-corrected chi connectivity index (χ4v) is 1.67. The van der Waals surface area contributed by atoms with Crippen LogP contribution in [0.5, 0.6) is 0 Å². The highest BCUT2D eigenvalue weighted by atomic mass is 16.5. The molecule has 0 aliphatic heterocycles. The molecule has 0 saturated carbocycles. The number of aromatic nitrogens is 2. The normalized spacial score (nSPS) is 15.0. The van der Waals surface area contributed by atoms with E-state index in [1.807, 2.05) is 6.92 Å². The predicted octanol–water partition coefficient (Wildman–Crippen LogP) is 2.82. The topological polar surface area (TPSA) is 64.9 Å². The number of unbranched alkanes of at least 4 members (excludes halogenated alkanes) is 1. The van der Waals surface area contributed by atoms with Gasteiger partial charge in [-0.05, 0) is 12.8 Å². The maximum atomic E-state index is 5.58. The molecule has 92 valence electrons. The highest BCUT2D eigenvalue weighted by Gasteiger charge is 2.18. The van der Waals surface area contributed by atoms with Crippen molar-refractivity contribution in [3.8, 4) is 0 Å². The average molecular weight is 225 g/mol. The lowest BCUT2D eigenvalue weighted by atomic mass is 9.99. The van der Waals surface area contributed by atoms with Crippen LogP contribution in [0.3, 0.4) is 0 Å². The Hall–Kier alpha value is -0.900. The van der Waals surface area contributed by atoms with Gasteiger partial charge in [-0.15, -0.1) is 0 Å². The molecule has 0 amide bonds. The van der Waals surface area contributed by atoms with E-state index in [1.54, 1.807) is 0 Å². The van der Waals surface area contributed by atoms with Gasteiger partial charge in [0.15, 0.2) is 5.82 Å². The third kappa shape index (κ3) is 3.30. The molecule has 0 bridgehead atoms. The minimum Gasteiger partial charge on any atom is -0.339 e. The van der Waals surface area contributed by atoms with Gasteiger partial charge in [0.1, 0.15) is 0 Å². The van der Waals surface area contributed by atoms with Crippen molar-refractivity contribution >= 4 is 0 Å². The van der Waals surface area contributed by atoms with Crippen molar-refractivity contribution in [1.29, 1.82) is 0 Å². The Morgan fingerprint density at radius 3 is 2.69 bits per heavy atom. The monoisotopic (exact) mass is 225 g/mol. The Morgan fingerprint density at radius 2 is 2.12 bits per heavy atom. The third-order valence-electron chi connectivity index (χ3n) is 3.00. The summed E-state index contributed by atoms with van der Waals surface area (Å²) in [7, 11) is 0. The maximum absolute atomic E-state index is 5.58. The highest BCUT2D eigenvalue weighted by molar-refractivity contribution is 4.98. The van der Waals surface area contributed by atoms with E-state index in [2.05, 4.69) is 24.0 Å². The van der Waals surface area contributed by atoms with Gasteiger partial charge in [0.25, 0.3) is 0 Å². The molecule has 0 fully saturated rings. The summed E-state index contributed by atoms with van der Waals surface area (Å²) in [5.74, 6) is 2.12. The Bertz CT molecular complexity index is 298. The summed E-state index contributed by atoms with van der Waals surface area (Å²) in [4.78, 5) is 4.45. The van der Waals surface area contributed by atoms with Crippen LogP contribution in [0.15, 0.2) is 4.52 Å². The van der Waals surface area contributed by atoms with Gasteiger partial charge in [0.2, 0.25) is 5.89 Å². The number of hydrogen-bond acceptors (Lipinski definition) is 4. The fourth-order valence-electron chi connectivity index (χ4n) is 1.67. The van der Waals surface area contributed by atoms with E-state index in [4.69, 9.17) is 10.3 Å². The Morgan fingerprint density at radius 1 is 1.38 bits per heavy atom. The maximum Gasteiger partial charge on any atom is 0.229 e. The van der Waals surface area contributed by atoms with E-state index < -0.39 is 0 Å². The van der Waals surface area contributed by atoms with Gasteiger partial charge in [-0.2, -0.15) is 4.98 Å². The third-order valence-corrected chi connectivity index (χ3v) is 3.00. The first-order valence-electron chi connectivity index (χ1n) is 6.26. The molecule has 16 heavy (non-hydrogen) atoms. The second kappa shape index (κ2) is 6.63. The summed E-state index contributed by atoms with van der Waals surface area (Å²) >= 11 is 0. The average Bonchev–Trinajstić information content (AvgIpc) is 2.78. The molecule has 1 aromatic heterocycles. The molecule has 0 radical (unpaired) electrons. The van der Waals surface area contributed by atoms with Crippen LogP contribution < -0.4 is 5.73 Å². The van der Waals surface area contributed by atoms with Crippen LogP contribution in [0.2, 0.25) is 0 Å². The molecule has 1 rings (SSSR count). The van der Waals surface area contributed by atoms with E-state index in [9.17, 15) is 0 Å². The Kier molecular flexibility index (Phi) is 5.46. The molecule has 1 heterocycles. The summed E-state index contributed by atoms with van der Waals surface area (Å²) in [6, 6.07) is 0. The van der Waals surface area contributed by atoms with Crippen molar-refractivity contribution in [2.45, 2.75) is 58.3 Å². The molecule has 2 N–H and O–H groups in total. The lowest BCUT2D eigenvalue weighted by molar-refractivity contribution is 0.335. The smallest absolute Gasteiger partial charge is 0.229 e. The van der Waals surface area contributed by atoms with Crippen LogP contribution >= 0.6 is 0 Å². The standard InChI is InChI=1S/C12H23N3O/c1-4-6-7-10(5-2)12-14-11(15-16-12)9(3)8-13/h9-10H,4-8,13H2,1-3H3. The molecular formula is C12H23N3O. The largest absolute Gasteiger partial charge is 0.339 e. The van der Waals surface area contributed by atoms with Crippen LogP contribution in [0.4, 0.5) is 0 Å². The van der Waals surface area contributed by atoms with Crippen LogP contribution in [0, 0.1) is 0 Å². The summed E-state index contributed by atoms with van der Waals surface area (Å²) < 4.78 is 5.32. The Labute approximate surface area is 97.6 Å². The van der Waals surface area contributed by atoms with E-state index in [1.165, 1.54) is 12.8 Å². The van der Waals surface area contributed by atoms with E-state index in [0.717, 1.165) is 24.6 Å². The van der Waals surface area contributed by atoms with Crippen molar-refractivity contribution in [3.05, 3.63) is 11.7 Å². The van der Waals surface area contributed by atoms with Gasteiger partial charge in [-0.1, -0.05) is 38.8 Å². The summed E-state index contributed by atoms with van der Waals surface area (Å²) in [5.41, 5.74) is 5.58. The van der Waals surface area contributed by atoms with Crippen LogP contribution in [-0.4, -0.2) is 16.7 Å². The van der Waals surface area contributed by atoms with Gasteiger partial charge in [-0.25, -0.2) is 0 Å². The highest BCUT2D eigenvalue weighted by Crippen LogP contribution is 2.24. The molecule has 0 saturated heterocycles. The molecule has 2 atom stereocenters. The first-order chi connectivity index (χ1) is 7.72. The van der Waals surface area contributed by atoms with E-state index >= 15 is 0 Å². The van der Waals surface area contributed by atoms with Crippen molar-refractivity contribution in [1.82, 2.24) is 10.1 Å². The quantitative estimate of drug-likeness (QED) is 0.775. The SMILES string of the molecule is CCCCC(CC)c1nc(C(C)CN)no1. The van der Waals surface area contributed by atoms with Crippen molar-refractivity contribution in [2.24, 2.45) is 5.73 Å². The number of nitrogens with zero attached hydrogens (tertiary/aromatic N) is 2. The van der Waals surface area contributed by atoms with E-state index in [-0.39, 0.29) is 5.92 Å². The second-order valence-electron chi connectivity index (χ2n) is 4.37. The number of rotatable bonds is 7. The molecular weight excluding hydrogens is 202 g/mol. The Balaban J connectivity index is 2.66. The minimum atomic E-state index is 0.182. The molecule has 0 spiro atoms. The van der Waals surface area contributed by atoms with Gasteiger partial charge in [-0.3, -0.25) is 0 Å². The second-order valence-corrected chi connectivity index (χ2v) is 4.37. The fraction of sp³-hybridized carbons (Fsp3) is 0.833. The molecule has 0 aliphatic carbocycles. The minimum absolute atomic E-state index is 0.182. The lowest BCUT2D eigenvalue weighted by Gasteiger charge is -2.08. The molecule has 4 heteroatoms. The van der Waals surface area contributed by atoms with Gasteiger partial charge < -0.3 is 10.3 Å². The van der Waals surface area contributed by atoms with Crippen LogP contribution in [0.25, 0.3) is 0 Å².